The van der Waals surface area contributed by atoms with Crippen LogP contribution in [-0.2, 0) is 11.3 Å². The number of anilines is 1. The first-order valence-electron chi connectivity index (χ1n) is 9.17. The molecular weight excluding hydrogens is 407 g/mol. The summed E-state index contributed by atoms with van der Waals surface area (Å²) in [5.41, 5.74) is 4.52. The highest BCUT2D eigenvalue weighted by atomic mass is 35.5. The Kier molecular flexibility index (Phi) is 5.48. The molecule has 0 unspecified atom stereocenters. The normalized spacial score (nSPS) is 11.1. The molecule has 2 heterocycles. The van der Waals surface area contributed by atoms with Crippen molar-refractivity contribution >= 4 is 28.8 Å². The lowest BCUT2D eigenvalue weighted by Gasteiger charge is -2.09. The summed E-state index contributed by atoms with van der Waals surface area (Å²) >= 11 is 5.80. The molecule has 6 nitrogen and oxygen atoms in total. The van der Waals surface area contributed by atoms with Gasteiger partial charge in [0.25, 0.3) is 5.91 Å². The van der Waals surface area contributed by atoms with Gasteiger partial charge in [-0.3, -0.25) is 4.79 Å². The van der Waals surface area contributed by atoms with Crippen molar-refractivity contribution in [3.8, 4) is 11.1 Å². The SMILES string of the molecule is COCc1nn2c(C)c(C(=O)Nc3ccc(F)c(Cl)c3)cnc2c1-c1ccccc1. The predicted octanol–water partition coefficient (Wildman–Crippen LogP) is 4.90. The van der Waals surface area contributed by atoms with E-state index in [1.54, 1.807) is 18.5 Å². The van der Waals surface area contributed by atoms with Gasteiger partial charge in [0.1, 0.15) is 5.82 Å². The Morgan fingerprint density at radius 3 is 2.70 bits per heavy atom. The highest BCUT2D eigenvalue weighted by Crippen LogP contribution is 2.29. The molecule has 0 radical (unpaired) electrons. The number of aryl methyl sites for hydroxylation is 1. The molecule has 2 aromatic heterocycles. The second-order valence-electron chi connectivity index (χ2n) is 6.70. The van der Waals surface area contributed by atoms with Gasteiger partial charge in [0.15, 0.2) is 5.65 Å². The quantitative estimate of drug-likeness (QED) is 0.495. The van der Waals surface area contributed by atoms with E-state index in [1.807, 2.05) is 30.3 Å². The average molecular weight is 425 g/mol. The van der Waals surface area contributed by atoms with Gasteiger partial charge in [-0.15, -0.1) is 0 Å². The predicted molar refractivity (Wildman–Crippen MR) is 113 cm³/mol. The standard InChI is InChI=1S/C22H18ClFN4O2/c1-13-16(22(29)26-15-8-9-18(24)17(23)10-15)11-25-21-20(14-6-4-3-5-7-14)19(12-30-2)27-28(13)21/h3-11H,12H2,1-2H3,(H,26,29). The van der Waals surface area contributed by atoms with Crippen LogP contribution in [0.25, 0.3) is 16.8 Å². The van der Waals surface area contributed by atoms with Crippen molar-refractivity contribution in [1.82, 2.24) is 14.6 Å². The summed E-state index contributed by atoms with van der Waals surface area (Å²) in [6.07, 6.45) is 1.51. The summed E-state index contributed by atoms with van der Waals surface area (Å²) in [7, 11) is 1.60. The van der Waals surface area contributed by atoms with Crippen LogP contribution in [0.15, 0.2) is 54.7 Å². The number of carbonyl (C=O) groups excluding carboxylic acids is 1. The molecule has 2 aromatic carbocycles. The molecule has 8 heteroatoms. The molecule has 0 aliphatic heterocycles. The number of methoxy groups -OCH3 is 1. The number of benzene rings is 2. The summed E-state index contributed by atoms with van der Waals surface area (Å²) in [4.78, 5) is 17.3. The lowest BCUT2D eigenvalue weighted by Crippen LogP contribution is -2.16. The van der Waals surface area contributed by atoms with Crippen LogP contribution in [-0.4, -0.2) is 27.6 Å². The molecule has 4 rings (SSSR count). The molecule has 0 saturated carbocycles. The minimum absolute atomic E-state index is 0.0677. The number of hydrogen-bond acceptors (Lipinski definition) is 4. The van der Waals surface area contributed by atoms with Crippen LogP contribution in [0.1, 0.15) is 21.7 Å². The van der Waals surface area contributed by atoms with Crippen molar-refractivity contribution in [1.29, 1.82) is 0 Å². The molecule has 30 heavy (non-hydrogen) atoms. The van der Waals surface area contributed by atoms with E-state index in [4.69, 9.17) is 16.3 Å². The fourth-order valence-electron chi connectivity index (χ4n) is 3.27. The van der Waals surface area contributed by atoms with Gasteiger partial charge in [-0.25, -0.2) is 13.9 Å². The smallest absolute Gasteiger partial charge is 0.259 e. The number of rotatable bonds is 5. The van der Waals surface area contributed by atoms with Crippen LogP contribution < -0.4 is 5.32 Å². The van der Waals surface area contributed by atoms with Gasteiger partial charge in [-0.2, -0.15) is 5.10 Å². The second kappa shape index (κ2) is 8.22. The molecule has 152 valence electrons. The Hall–Kier alpha value is -3.29. The van der Waals surface area contributed by atoms with E-state index in [9.17, 15) is 9.18 Å². The van der Waals surface area contributed by atoms with E-state index in [0.717, 1.165) is 16.8 Å². The average Bonchev–Trinajstić information content (AvgIpc) is 3.11. The van der Waals surface area contributed by atoms with Gasteiger partial charge in [-0.05, 0) is 30.7 Å². The molecule has 0 bridgehead atoms. The van der Waals surface area contributed by atoms with Gasteiger partial charge >= 0.3 is 0 Å². The zero-order valence-electron chi connectivity index (χ0n) is 16.3. The number of carbonyl (C=O) groups is 1. The first-order chi connectivity index (χ1) is 14.5. The van der Waals surface area contributed by atoms with Crippen molar-refractivity contribution in [3.05, 3.63) is 82.5 Å². The summed E-state index contributed by atoms with van der Waals surface area (Å²) < 4.78 is 20.3. The Morgan fingerprint density at radius 2 is 2.00 bits per heavy atom. The van der Waals surface area contributed by atoms with E-state index >= 15 is 0 Å². The molecule has 0 aliphatic carbocycles. The van der Waals surface area contributed by atoms with Crippen LogP contribution in [0.5, 0.6) is 0 Å². The van der Waals surface area contributed by atoms with Crippen LogP contribution >= 0.6 is 11.6 Å². The summed E-state index contributed by atoms with van der Waals surface area (Å²) in [5, 5.41) is 7.28. The summed E-state index contributed by atoms with van der Waals surface area (Å²) in [6, 6.07) is 13.8. The lowest BCUT2D eigenvalue weighted by atomic mass is 10.1. The first kappa shape index (κ1) is 20.0. The van der Waals surface area contributed by atoms with Crippen molar-refractivity contribution < 1.29 is 13.9 Å². The van der Waals surface area contributed by atoms with Crippen molar-refractivity contribution in [2.24, 2.45) is 0 Å². The maximum absolute atomic E-state index is 13.4. The molecule has 0 atom stereocenters. The third-order valence-corrected chi connectivity index (χ3v) is 5.01. The van der Waals surface area contributed by atoms with Crippen LogP contribution in [0.4, 0.5) is 10.1 Å². The number of hydrogen-bond donors (Lipinski definition) is 1. The van der Waals surface area contributed by atoms with Gasteiger partial charge < -0.3 is 10.1 Å². The van der Waals surface area contributed by atoms with Gasteiger partial charge in [0, 0.05) is 19.0 Å². The fourth-order valence-corrected chi connectivity index (χ4v) is 3.45. The number of aromatic nitrogens is 3. The van der Waals surface area contributed by atoms with E-state index in [-0.39, 0.29) is 5.02 Å². The number of halogens is 2. The van der Waals surface area contributed by atoms with E-state index in [1.165, 1.54) is 24.4 Å². The minimum Gasteiger partial charge on any atom is -0.378 e. The van der Waals surface area contributed by atoms with Crippen LogP contribution in [0.3, 0.4) is 0 Å². The third-order valence-electron chi connectivity index (χ3n) is 4.72. The molecule has 1 amide bonds. The number of fused-ring (bicyclic) bond motifs is 1. The Bertz CT molecular complexity index is 1240. The molecule has 0 fully saturated rings. The fraction of sp³-hybridized carbons (Fsp3) is 0.136. The van der Waals surface area contributed by atoms with Gasteiger partial charge in [0.2, 0.25) is 0 Å². The number of ether oxygens (including phenoxy) is 1. The zero-order chi connectivity index (χ0) is 21.3. The monoisotopic (exact) mass is 424 g/mol. The maximum Gasteiger partial charge on any atom is 0.259 e. The maximum atomic E-state index is 13.4. The zero-order valence-corrected chi connectivity index (χ0v) is 17.1. The highest BCUT2D eigenvalue weighted by molar-refractivity contribution is 6.31. The highest BCUT2D eigenvalue weighted by Gasteiger charge is 2.20. The van der Waals surface area contributed by atoms with Crippen molar-refractivity contribution in [2.45, 2.75) is 13.5 Å². The van der Waals surface area contributed by atoms with Crippen molar-refractivity contribution in [2.75, 3.05) is 12.4 Å². The van der Waals surface area contributed by atoms with E-state index in [0.29, 0.717) is 29.2 Å². The molecule has 4 aromatic rings. The number of nitrogens with zero attached hydrogens (tertiary/aromatic N) is 3. The largest absolute Gasteiger partial charge is 0.378 e. The van der Waals surface area contributed by atoms with Crippen LogP contribution in [0.2, 0.25) is 5.02 Å². The number of amides is 1. The third kappa shape index (κ3) is 3.65. The first-order valence-corrected chi connectivity index (χ1v) is 9.55. The van der Waals surface area contributed by atoms with Crippen LogP contribution in [0, 0.1) is 12.7 Å². The van der Waals surface area contributed by atoms with Gasteiger partial charge in [-0.1, -0.05) is 41.9 Å². The topological polar surface area (TPSA) is 68.5 Å². The summed E-state index contributed by atoms with van der Waals surface area (Å²) in [5.74, 6) is -0.945. The van der Waals surface area contributed by atoms with Gasteiger partial charge in [0.05, 0.1) is 34.1 Å². The molecular formula is C22H18ClFN4O2. The van der Waals surface area contributed by atoms with E-state index in [2.05, 4.69) is 15.4 Å². The molecule has 0 saturated heterocycles. The molecule has 0 spiro atoms. The molecule has 1 N–H and O–H groups in total. The summed E-state index contributed by atoms with van der Waals surface area (Å²) in [6.45, 7) is 2.10. The second-order valence-corrected chi connectivity index (χ2v) is 7.10. The Morgan fingerprint density at radius 1 is 1.23 bits per heavy atom. The lowest BCUT2D eigenvalue weighted by molar-refractivity contribution is 0.102. The Balaban J connectivity index is 1.77. The molecule has 0 aliphatic rings. The Labute approximate surface area is 177 Å². The van der Waals surface area contributed by atoms with E-state index < -0.39 is 11.7 Å². The minimum atomic E-state index is -0.551. The van der Waals surface area contributed by atoms with Crippen molar-refractivity contribution in [3.63, 3.8) is 0 Å². The number of nitrogens with one attached hydrogen (secondary N) is 1.